The maximum Gasteiger partial charge on any atom is 0.270 e. The SMILES string of the molecule is O=c1cnc2cccnc2n1Cc1cccc(-c2ccc3nccn3c2)c1. The van der Waals surface area contributed by atoms with Crippen molar-refractivity contribution in [3.63, 3.8) is 0 Å². The molecule has 1 aromatic carbocycles. The van der Waals surface area contributed by atoms with E-state index in [1.54, 1.807) is 17.0 Å². The van der Waals surface area contributed by atoms with Gasteiger partial charge in [-0.2, -0.15) is 0 Å². The van der Waals surface area contributed by atoms with Crippen LogP contribution in [0.1, 0.15) is 5.56 Å². The minimum Gasteiger partial charge on any atom is -0.306 e. The van der Waals surface area contributed by atoms with Crippen LogP contribution in [-0.2, 0) is 6.54 Å². The Balaban J connectivity index is 1.57. The lowest BCUT2D eigenvalue weighted by atomic mass is 10.0. The number of benzene rings is 1. The molecule has 0 aliphatic rings. The zero-order valence-electron chi connectivity index (χ0n) is 14.4. The molecule has 0 N–H and O–H groups in total. The van der Waals surface area contributed by atoms with Crippen molar-refractivity contribution < 1.29 is 0 Å². The first-order valence-corrected chi connectivity index (χ1v) is 8.60. The van der Waals surface area contributed by atoms with Crippen molar-refractivity contribution in [3.8, 4) is 11.1 Å². The Morgan fingerprint density at radius 2 is 1.85 bits per heavy atom. The summed E-state index contributed by atoms with van der Waals surface area (Å²) >= 11 is 0. The highest BCUT2D eigenvalue weighted by Gasteiger charge is 2.07. The molecule has 6 heteroatoms. The first-order chi connectivity index (χ1) is 13.3. The smallest absolute Gasteiger partial charge is 0.270 e. The molecule has 0 spiro atoms. The molecule has 6 nitrogen and oxygen atoms in total. The predicted molar refractivity (Wildman–Crippen MR) is 104 cm³/mol. The maximum atomic E-state index is 12.4. The van der Waals surface area contributed by atoms with Gasteiger partial charge in [0.05, 0.1) is 12.7 Å². The van der Waals surface area contributed by atoms with Crippen LogP contribution in [0.15, 0.2) is 84.3 Å². The van der Waals surface area contributed by atoms with E-state index >= 15 is 0 Å². The fraction of sp³-hybridized carbons (Fsp3) is 0.0476. The molecule has 0 atom stereocenters. The molecule has 0 aliphatic carbocycles. The van der Waals surface area contributed by atoms with Crippen molar-refractivity contribution in [1.82, 2.24) is 23.9 Å². The van der Waals surface area contributed by atoms with Gasteiger partial charge in [-0.1, -0.05) is 18.2 Å². The molecule has 0 bridgehead atoms. The number of hydrogen-bond acceptors (Lipinski definition) is 4. The van der Waals surface area contributed by atoms with E-state index in [2.05, 4.69) is 39.3 Å². The van der Waals surface area contributed by atoms with Crippen molar-refractivity contribution in [2.24, 2.45) is 0 Å². The molecule has 130 valence electrons. The second-order valence-electron chi connectivity index (χ2n) is 6.34. The van der Waals surface area contributed by atoms with Gasteiger partial charge in [-0.3, -0.25) is 9.36 Å². The first-order valence-electron chi connectivity index (χ1n) is 8.60. The number of hydrogen-bond donors (Lipinski definition) is 0. The summed E-state index contributed by atoms with van der Waals surface area (Å²) in [5.41, 5.74) is 5.25. The van der Waals surface area contributed by atoms with Gasteiger partial charge in [-0.25, -0.2) is 15.0 Å². The van der Waals surface area contributed by atoms with E-state index in [9.17, 15) is 4.79 Å². The van der Waals surface area contributed by atoms with Crippen molar-refractivity contribution in [2.75, 3.05) is 0 Å². The lowest BCUT2D eigenvalue weighted by molar-refractivity contribution is 0.775. The fourth-order valence-corrected chi connectivity index (χ4v) is 3.27. The minimum absolute atomic E-state index is 0.161. The largest absolute Gasteiger partial charge is 0.306 e. The van der Waals surface area contributed by atoms with Gasteiger partial charge in [0.2, 0.25) is 0 Å². The Labute approximate surface area is 154 Å². The third-order valence-electron chi connectivity index (χ3n) is 4.59. The van der Waals surface area contributed by atoms with Crippen LogP contribution in [0.4, 0.5) is 0 Å². The van der Waals surface area contributed by atoms with Crippen LogP contribution in [0.3, 0.4) is 0 Å². The summed E-state index contributed by atoms with van der Waals surface area (Å²) in [6, 6.07) is 15.9. The maximum absolute atomic E-state index is 12.4. The molecule has 0 unspecified atom stereocenters. The summed E-state index contributed by atoms with van der Waals surface area (Å²) in [6.07, 6.45) is 8.79. The molecule has 0 fully saturated rings. The van der Waals surface area contributed by atoms with Crippen LogP contribution in [0.5, 0.6) is 0 Å². The standard InChI is InChI=1S/C21H15N5O/c27-20-12-24-18-5-2-8-23-21(18)26(20)13-15-3-1-4-16(11-15)17-6-7-19-22-9-10-25(19)14-17/h1-12,14H,13H2. The topological polar surface area (TPSA) is 65.1 Å². The first kappa shape index (κ1) is 15.5. The minimum atomic E-state index is -0.161. The van der Waals surface area contributed by atoms with Crippen LogP contribution in [0, 0.1) is 0 Å². The Morgan fingerprint density at radius 1 is 0.889 bits per heavy atom. The average molecular weight is 353 g/mol. The Morgan fingerprint density at radius 3 is 2.81 bits per heavy atom. The van der Waals surface area contributed by atoms with Crippen molar-refractivity contribution in [3.05, 3.63) is 95.4 Å². The molecule has 5 rings (SSSR count). The van der Waals surface area contributed by atoms with E-state index in [1.807, 2.05) is 40.9 Å². The zero-order chi connectivity index (χ0) is 18.2. The van der Waals surface area contributed by atoms with Crippen LogP contribution >= 0.6 is 0 Å². The summed E-state index contributed by atoms with van der Waals surface area (Å²) in [5, 5.41) is 0. The molecule has 0 saturated heterocycles. The van der Waals surface area contributed by atoms with E-state index in [-0.39, 0.29) is 5.56 Å². The molecular weight excluding hydrogens is 338 g/mol. The molecular formula is C21H15N5O. The van der Waals surface area contributed by atoms with Crippen molar-refractivity contribution in [2.45, 2.75) is 6.54 Å². The van der Waals surface area contributed by atoms with Crippen LogP contribution < -0.4 is 5.56 Å². The van der Waals surface area contributed by atoms with Crippen molar-refractivity contribution >= 4 is 16.8 Å². The quantitative estimate of drug-likeness (QED) is 0.500. The Hall–Kier alpha value is -3.80. The second kappa shape index (κ2) is 6.17. The third-order valence-corrected chi connectivity index (χ3v) is 4.59. The zero-order valence-corrected chi connectivity index (χ0v) is 14.4. The highest BCUT2D eigenvalue weighted by atomic mass is 16.1. The molecule has 0 saturated carbocycles. The average Bonchev–Trinajstić information content (AvgIpc) is 3.18. The van der Waals surface area contributed by atoms with Crippen LogP contribution in [-0.4, -0.2) is 23.9 Å². The molecule has 4 aromatic heterocycles. The van der Waals surface area contributed by atoms with Gasteiger partial charge >= 0.3 is 0 Å². The van der Waals surface area contributed by atoms with E-state index in [4.69, 9.17) is 0 Å². The van der Waals surface area contributed by atoms with E-state index < -0.39 is 0 Å². The highest BCUT2D eigenvalue weighted by molar-refractivity contribution is 5.69. The number of imidazole rings is 1. The molecule has 0 aliphatic heterocycles. The van der Waals surface area contributed by atoms with Crippen molar-refractivity contribution in [1.29, 1.82) is 0 Å². The normalized spacial score (nSPS) is 11.3. The van der Waals surface area contributed by atoms with Gasteiger partial charge in [0.1, 0.15) is 11.2 Å². The number of fused-ring (bicyclic) bond motifs is 2. The number of nitrogens with zero attached hydrogens (tertiary/aromatic N) is 5. The number of rotatable bonds is 3. The van der Waals surface area contributed by atoms with Gasteiger partial charge in [0.15, 0.2) is 5.65 Å². The summed E-state index contributed by atoms with van der Waals surface area (Å²) in [7, 11) is 0. The molecule has 27 heavy (non-hydrogen) atoms. The summed E-state index contributed by atoms with van der Waals surface area (Å²) in [5.74, 6) is 0. The summed E-state index contributed by atoms with van der Waals surface area (Å²) < 4.78 is 3.65. The fourth-order valence-electron chi connectivity index (χ4n) is 3.27. The molecule has 4 heterocycles. The second-order valence-corrected chi connectivity index (χ2v) is 6.34. The molecule has 0 amide bonds. The van der Waals surface area contributed by atoms with Crippen LogP contribution in [0.2, 0.25) is 0 Å². The van der Waals surface area contributed by atoms with E-state index in [1.165, 1.54) is 6.20 Å². The van der Waals surface area contributed by atoms with E-state index in [0.717, 1.165) is 22.3 Å². The summed E-state index contributed by atoms with van der Waals surface area (Å²) in [4.78, 5) is 25.1. The van der Waals surface area contributed by atoms with Gasteiger partial charge in [-0.05, 0) is 47.0 Å². The third kappa shape index (κ3) is 2.77. The summed E-state index contributed by atoms with van der Waals surface area (Å²) in [6.45, 7) is 0.441. The lowest BCUT2D eigenvalue weighted by Crippen LogP contribution is -2.21. The van der Waals surface area contributed by atoms with Gasteiger partial charge in [0, 0.05) is 24.8 Å². The lowest BCUT2D eigenvalue weighted by Gasteiger charge is -2.10. The predicted octanol–water partition coefficient (Wildman–Crippen LogP) is 3.15. The number of pyridine rings is 2. The van der Waals surface area contributed by atoms with Gasteiger partial charge in [-0.15, -0.1) is 0 Å². The molecule has 5 aromatic rings. The highest BCUT2D eigenvalue weighted by Crippen LogP contribution is 2.21. The van der Waals surface area contributed by atoms with Gasteiger partial charge < -0.3 is 4.40 Å². The monoisotopic (exact) mass is 353 g/mol. The van der Waals surface area contributed by atoms with Crippen LogP contribution in [0.25, 0.3) is 27.9 Å². The molecule has 0 radical (unpaired) electrons. The van der Waals surface area contributed by atoms with Gasteiger partial charge in [0.25, 0.3) is 5.56 Å². The number of aromatic nitrogens is 5. The Kier molecular flexibility index (Phi) is 3.53. The van der Waals surface area contributed by atoms with E-state index in [0.29, 0.717) is 17.7 Å². The Bertz CT molecular complexity index is 1340.